The molecule has 0 amide bonds. The van der Waals surface area contributed by atoms with Crippen LogP contribution in [0.4, 0.5) is 0 Å². The molecule has 1 aliphatic rings. The summed E-state index contributed by atoms with van der Waals surface area (Å²) >= 11 is 6.10. The molecule has 1 atom stereocenters. The topological polar surface area (TPSA) is 15.7 Å². The van der Waals surface area contributed by atoms with Crippen molar-refractivity contribution in [1.82, 2.24) is 9.80 Å². The summed E-state index contributed by atoms with van der Waals surface area (Å²) in [4.78, 5) is 5.06. The number of benzene rings is 2. The normalized spacial score (nSPS) is 18.4. The van der Waals surface area contributed by atoms with Crippen molar-refractivity contribution in [3.8, 4) is 5.75 Å². The standard InChI is InChI=1S/C22H29ClN2O/c1-3-22(2,26-21-11-7-10-20(23)16-21)18-25-14-12-24(13-15-25)17-19-8-5-4-6-9-19/h4-11,16H,3,12-15,17-18H2,1-2H3. The first-order chi connectivity index (χ1) is 12.6. The highest BCUT2D eigenvalue weighted by Crippen LogP contribution is 2.25. The highest BCUT2D eigenvalue weighted by atomic mass is 35.5. The first-order valence-corrected chi connectivity index (χ1v) is 9.87. The lowest BCUT2D eigenvalue weighted by Gasteiger charge is -2.40. The van der Waals surface area contributed by atoms with E-state index in [1.807, 2.05) is 24.3 Å². The Morgan fingerprint density at radius 2 is 1.65 bits per heavy atom. The fraction of sp³-hybridized carbons (Fsp3) is 0.455. The molecule has 0 N–H and O–H groups in total. The summed E-state index contributed by atoms with van der Waals surface area (Å²) in [5, 5.41) is 0.718. The molecule has 1 heterocycles. The van der Waals surface area contributed by atoms with Gasteiger partial charge in [0.15, 0.2) is 0 Å². The van der Waals surface area contributed by atoms with Gasteiger partial charge in [-0.2, -0.15) is 0 Å². The monoisotopic (exact) mass is 372 g/mol. The summed E-state index contributed by atoms with van der Waals surface area (Å²) < 4.78 is 6.32. The molecule has 4 heteroatoms. The van der Waals surface area contributed by atoms with Gasteiger partial charge in [-0.05, 0) is 37.1 Å². The lowest BCUT2D eigenvalue weighted by molar-refractivity contribution is 0.0195. The van der Waals surface area contributed by atoms with Gasteiger partial charge in [0.25, 0.3) is 0 Å². The van der Waals surface area contributed by atoms with Crippen molar-refractivity contribution in [3.05, 3.63) is 65.2 Å². The Hall–Kier alpha value is -1.55. The minimum absolute atomic E-state index is 0.202. The summed E-state index contributed by atoms with van der Waals surface area (Å²) in [5.41, 5.74) is 1.19. The molecule has 1 aliphatic heterocycles. The molecule has 3 nitrogen and oxygen atoms in total. The van der Waals surface area contributed by atoms with Gasteiger partial charge in [0.1, 0.15) is 11.4 Å². The molecule has 0 aliphatic carbocycles. The third-order valence-corrected chi connectivity index (χ3v) is 5.42. The largest absolute Gasteiger partial charge is 0.486 e. The molecule has 2 aromatic carbocycles. The van der Waals surface area contributed by atoms with Crippen LogP contribution in [0.1, 0.15) is 25.8 Å². The van der Waals surface area contributed by atoms with Crippen LogP contribution in [-0.4, -0.2) is 48.1 Å². The fourth-order valence-corrected chi connectivity index (χ4v) is 3.63. The lowest BCUT2D eigenvalue weighted by Crippen LogP contribution is -2.52. The summed E-state index contributed by atoms with van der Waals surface area (Å²) in [6.07, 6.45) is 0.962. The first-order valence-electron chi connectivity index (χ1n) is 9.49. The zero-order valence-electron chi connectivity index (χ0n) is 15.8. The molecule has 1 unspecified atom stereocenters. The van der Waals surface area contributed by atoms with Crippen LogP contribution in [0.25, 0.3) is 0 Å². The average Bonchev–Trinajstić information content (AvgIpc) is 2.64. The van der Waals surface area contributed by atoms with Gasteiger partial charge in [-0.1, -0.05) is 54.9 Å². The molecule has 3 rings (SSSR count). The van der Waals surface area contributed by atoms with Crippen molar-refractivity contribution in [2.45, 2.75) is 32.4 Å². The van der Waals surface area contributed by atoms with Gasteiger partial charge in [0, 0.05) is 44.3 Å². The van der Waals surface area contributed by atoms with Gasteiger partial charge in [0.2, 0.25) is 0 Å². The van der Waals surface area contributed by atoms with Crippen molar-refractivity contribution >= 4 is 11.6 Å². The van der Waals surface area contributed by atoms with Crippen molar-refractivity contribution < 1.29 is 4.74 Å². The Morgan fingerprint density at radius 3 is 2.31 bits per heavy atom. The maximum atomic E-state index is 6.32. The van der Waals surface area contributed by atoms with E-state index < -0.39 is 0 Å². The second-order valence-corrected chi connectivity index (χ2v) is 7.84. The third kappa shape index (κ3) is 5.47. The van der Waals surface area contributed by atoms with E-state index in [-0.39, 0.29) is 5.60 Å². The van der Waals surface area contributed by atoms with E-state index >= 15 is 0 Å². The molecule has 1 fully saturated rings. The molecule has 2 aromatic rings. The smallest absolute Gasteiger partial charge is 0.121 e. The number of ether oxygens (including phenoxy) is 1. The van der Waals surface area contributed by atoms with Crippen LogP contribution in [0.2, 0.25) is 5.02 Å². The van der Waals surface area contributed by atoms with Crippen molar-refractivity contribution in [2.75, 3.05) is 32.7 Å². The van der Waals surface area contributed by atoms with Crippen LogP contribution in [-0.2, 0) is 6.54 Å². The van der Waals surface area contributed by atoms with Crippen LogP contribution in [0.5, 0.6) is 5.75 Å². The zero-order chi connectivity index (χ0) is 18.4. The van der Waals surface area contributed by atoms with Crippen LogP contribution < -0.4 is 4.74 Å². The molecule has 0 spiro atoms. The minimum atomic E-state index is -0.202. The maximum absolute atomic E-state index is 6.32. The average molecular weight is 373 g/mol. The summed E-state index contributed by atoms with van der Waals surface area (Å²) in [6, 6.07) is 18.4. The molecule has 0 bridgehead atoms. The quantitative estimate of drug-likeness (QED) is 0.700. The minimum Gasteiger partial charge on any atom is -0.486 e. The van der Waals surface area contributed by atoms with Crippen LogP contribution in [0.3, 0.4) is 0 Å². The Balaban J connectivity index is 1.51. The molecular formula is C22H29ClN2O. The van der Waals surface area contributed by atoms with Crippen molar-refractivity contribution in [1.29, 1.82) is 0 Å². The Kier molecular flexibility index (Phi) is 6.58. The lowest BCUT2D eigenvalue weighted by atomic mass is 10.0. The van der Waals surface area contributed by atoms with E-state index in [1.54, 1.807) is 0 Å². The second-order valence-electron chi connectivity index (χ2n) is 7.40. The fourth-order valence-electron chi connectivity index (χ4n) is 3.45. The van der Waals surface area contributed by atoms with Crippen molar-refractivity contribution in [2.24, 2.45) is 0 Å². The van der Waals surface area contributed by atoms with Crippen LogP contribution in [0.15, 0.2) is 54.6 Å². The number of rotatable bonds is 7. The summed E-state index contributed by atoms with van der Waals surface area (Å²) in [5.74, 6) is 0.851. The van der Waals surface area contributed by atoms with E-state index in [0.717, 1.165) is 56.5 Å². The summed E-state index contributed by atoms with van der Waals surface area (Å²) in [6.45, 7) is 10.7. The first kappa shape index (κ1) is 19.2. The Morgan fingerprint density at radius 1 is 0.962 bits per heavy atom. The van der Waals surface area contributed by atoms with E-state index in [1.165, 1.54) is 5.56 Å². The number of piperazine rings is 1. The molecule has 1 saturated heterocycles. The van der Waals surface area contributed by atoms with Gasteiger partial charge < -0.3 is 4.74 Å². The SMILES string of the molecule is CCC(C)(CN1CCN(Cc2ccccc2)CC1)Oc1cccc(Cl)c1. The Labute approximate surface area is 162 Å². The summed E-state index contributed by atoms with van der Waals surface area (Å²) in [7, 11) is 0. The molecule has 0 aromatic heterocycles. The third-order valence-electron chi connectivity index (χ3n) is 5.18. The van der Waals surface area contributed by atoms with E-state index in [4.69, 9.17) is 16.3 Å². The number of halogens is 1. The van der Waals surface area contributed by atoms with E-state index in [0.29, 0.717) is 0 Å². The Bertz CT molecular complexity index is 686. The van der Waals surface area contributed by atoms with Gasteiger partial charge >= 0.3 is 0 Å². The van der Waals surface area contributed by atoms with Gasteiger partial charge in [-0.15, -0.1) is 0 Å². The van der Waals surface area contributed by atoms with Crippen LogP contribution in [0, 0.1) is 0 Å². The highest BCUT2D eigenvalue weighted by Gasteiger charge is 2.29. The van der Waals surface area contributed by atoms with Gasteiger partial charge in [-0.3, -0.25) is 9.80 Å². The number of hydrogen-bond acceptors (Lipinski definition) is 3. The molecule has 140 valence electrons. The highest BCUT2D eigenvalue weighted by molar-refractivity contribution is 6.30. The molecule has 26 heavy (non-hydrogen) atoms. The predicted molar refractivity (Wildman–Crippen MR) is 109 cm³/mol. The molecule has 0 saturated carbocycles. The second kappa shape index (κ2) is 8.90. The van der Waals surface area contributed by atoms with E-state index in [9.17, 15) is 0 Å². The van der Waals surface area contributed by atoms with Crippen molar-refractivity contribution in [3.63, 3.8) is 0 Å². The van der Waals surface area contributed by atoms with Gasteiger partial charge in [0.05, 0.1) is 0 Å². The van der Waals surface area contributed by atoms with E-state index in [2.05, 4.69) is 54.0 Å². The zero-order valence-corrected chi connectivity index (χ0v) is 16.6. The molecule has 0 radical (unpaired) electrons. The predicted octanol–water partition coefficient (Wildman–Crippen LogP) is 4.71. The number of nitrogens with zero attached hydrogens (tertiary/aromatic N) is 2. The van der Waals surface area contributed by atoms with Gasteiger partial charge in [-0.25, -0.2) is 0 Å². The molecular weight excluding hydrogens is 344 g/mol. The van der Waals surface area contributed by atoms with Crippen LogP contribution >= 0.6 is 11.6 Å². The maximum Gasteiger partial charge on any atom is 0.121 e. The number of hydrogen-bond donors (Lipinski definition) is 0.